The number of nitriles is 1. The predicted molar refractivity (Wildman–Crippen MR) is 61.6 cm³/mol. The Balaban J connectivity index is 3.16. The quantitative estimate of drug-likeness (QED) is 0.887. The van der Waals surface area contributed by atoms with E-state index in [1.54, 1.807) is 6.92 Å². The number of alkyl halides is 3. The molecule has 7 heteroatoms. The summed E-state index contributed by atoms with van der Waals surface area (Å²) in [6, 6.07) is 5.73. The number of halogens is 3. The van der Waals surface area contributed by atoms with Crippen LogP contribution in [0.2, 0.25) is 0 Å². The van der Waals surface area contributed by atoms with Crippen LogP contribution in [0.25, 0.3) is 0 Å². The van der Waals surface area contributed by atoms with Gasteiger partial charge in [-0.05, 0) is 37.6 Å². The minimum atomic E-state index is -4.96. The van der Waals surface area contributed by atoms with Gasteiger partial charge in [0.05, 0.1) is 11.6 Å². The van der Waals surface area contributed by atoms with Gasteiger partial charge in [-0.3, -0.25) is 0 Å². The van der Waals surface area contributed by atoms with Gasteiger partial charge in [0.15, 0.2) is 0 Å². The minimum Gasteiger partial charge on any atom is -0.479 e. The fraction of sp³-hybridized carbons (Fsp3) is 0.333. The number of aliphatic carboxylic acids is 1. The molecule has 0 saturated carbocycles. The number of aryl methyl sites for hydroxylation is 1. The van der Waals surface area contributed by atoms with Gasteiger partial charge in [0.2, 0.25) is 5.54 Å². The molecule has 19 heavy (non-hydrogen) atoms. The highest BCUT2D eigenvalue weighted by Gasteiger charge is 2.57. The monoisotopic (exact) mass is 272 g/mol. The Kier molecular flexibility index (Phi) is 3.75. The lowest BCUT2D eigenvalue weighted by atomic mass is 10.0. The molecule has 0 heterocycles. The largest absolute Gasteiger partial charge is 0.479 e. The van der Waals surface area contributed by atoms with E-state index in [-0.39, 0.29) is 5.69 Å². The molecule has 1 atom stereocenters. The summed E-state index contributed by atoms with van der Waals surface area (Å²) in [4.78, 5) is 10.8. The van der Waals surface area contributed by atoms with Crippen molar-refractivity contribution in [2.45, 2.75) is 25.6 Å². The zero-order chi connectivity index (χ0) is 14.8. The molecular formula is C12H11F3N2O2. The third kappa shape index (κ3) is 2.78. The second-order valence-electron chi connectivity index (χ2n) is 4.19. The molecule has 0 aliphatic carbocycles. The van der Waals surface area contributed by atoms with Gasteiger partial charge in [0.1, 0.15) is 0 Å². The summed E-state index contributed by atoms with van der Waals surface area (Å²) in [6.45, 7) is 2.10. The number of nitrogens with zero attached hydrogens (tertiary/aromatic N) is 1. The third-order valence-electron chi connectivity index (χ3n) is 2.74. The van der Waals surface area contributed by atoms with Gasteiger partial charge in [0, 0.05) is 5.69 Å². The van der Waals surface area contributed by atoms with Gasteiger partial charge in [-0.2, -0.15) is 18.4 Å². The topological polar surface area (TPSA) is 73.1 Å². The van der Waals surface area contributed by atoms with Gasteiger partial charge >= 0.3 is 12.1 Å². The molecule has 1 aromatic rings. The lowest BCUT2D eigenvalue weighted by Crippen LogP contribution is -2.55. The van der Waals surface area contributed by atoms with Crippen molar-refractivity contribution in [2.75, 3.05) is 5.32 Å². The number of rotatable bonds is 3. The van der Waals surface area contributed by atoms with Crippen molar-refractivity contribution in [3.8, 4) is 6.07 Å². The Morgan fingerprint density at radius 1 is 1.42 bits per heavy atom. The van der Waals surface area contributed by atoms with Gasteiger partial charge in [-0.15, -0.1) is 0 Å². The Labute approximate surface area is 107 Å². The molecule has 0 fully saturated rings. The maximum atomic E-state index is 12.8. The van der Waals surface area contributed by atoms with Crippen LogP contribution >= 0.6 is 0 Å². The van der Waals surface area contributed by atoms with Crippen LogP contribution in [-0.2, 0) is 4.79 Å². The molecule has 4 nitrogen and oxygen atoms in total. The number of carboxylic acid groups (broad SMARTS) is 1. The number of carbonyl (C=O) groups is 1. The van der Waals surface area contributed by atoms with Crippen molar-refractivity contribution in [1.82, 2.24) is 0 Å². The van der Waals surface area contributed by atoms with Crippen LogP contribution in [0.4, 0.5) is 18.9 Å². The van der Waals surface area contributed by atoms with E-state index >= 15 is 0 Å². The number of anilines is 1. The molecule has 0 spiro atoms. The number of hydrogen-bond donors (Lipinski definition) is 2. The van der Waals surface area contributed by atoms with Crippen molar-refractivity contribution in [3.63, 3.8) is 0 Å². The minimum absolute atomic E-state index is 0.0151. The molecule has 0 aliphatic rings. The highest BCUT2D eigenvalue weighted by atomic mass is 19.4. The molecule has 0 aromatic heterocycles. The second kappa shape index (κ2) is 4.80. The predicted octanol–water partition coefficient (Wildman–Crippen LogP) is 2.68. The first-order valence-electron chi connectivity index (χ1n) is 5.21. The lowest BCUT2D eigenvalue weighted by Gasteiger charge is -2.29. The van der Waals surface area contributed by atoms with Crippen molar-refractivity contribution >= 4 is 11.7 Å². The highest BCUT2D eigenvalue weighted by Crippen LogP contribution is 2.34. The maximum absolute atomic E-state index is 12.8. The van der Waals surface area contributed by atoms with Crippen LogP contribution in [-0.4, -0.2) is 22.8 Å². The van der Waals surface area contributed by atoms with E-state index in [9.17, 15) is 18.0 Å². The van der Waals surface area contributed by atoms with Gasteiger partial charge < -0.3 is 10.4 Å². The van der Waals surface area contributed by atoms with Crippen LogP contribution in [0.5, 0.6) is 0 Å². The normalized spacial score (nSPS) is 14.3. The van der Waals surface area contributed by atoms with Gasteiger partial charge in [0.25, 0.3) is 0 Å². The van der Waals surface area contributed by atoms with Crippen molar-refractivity contribution < 1.29 is 23.1 Å². The van der Waals surface area contributed by atoms with E-state index in [1.807, 2.05) is 11.4 Å². The molecule has 0 bridgehead atoms. The van der Waals surface area contributed by atoms with Crippen LogP contribution in [0.15, 0.2) is 18.2 Å². The van der Waals surface area contributed by atoms with Crippen LogP contribution in [0, 0.1) is 18.3 Å². The molecule has 2 N–H and O–H groups in total. The van der Waals surface area contributed by atoms with Crippen molar-refractivity contribution in [1.29, 1.82) is 5.26 Å². The summed E-state index contributed by atoms with van der Waals surface area (Å²) in [7, 11) is 0. The second-order valence-corrected chi connectivity index (χ2v) is 4.19. The lowest BCUT2D eigenvalue weighted by molar-refractivity contribution is -0.192. The molecular weight excluding hydrogens is 261 g/mol. The van der Waals surface area contributed by atoms with E-state index in [0.29, 0.717) is 18.1 Å². The number of hydrogen-bond acceptors (Lipinski definition) is 3. The fourth-order valence-electron chi connectivity index (χ4n) is 1.40. The Morgan fingerprint density at radius 3 is 2.37 bits per heavy atom. The summed E-state index contributed by atoms with van der Waals surface area (Å²) in [6.07, 6.45) is -4.96. The highest BCUT2D eigenvalue weighted by molar-refractivity contribution is 5.83. The van der Waals surface area contributed by atoms with Crippen LogP contribution < -0.4 is 5.32 Å². The van der Waals surface area contributed by atoms with E-state index in [2.05, 4.69) is 0 Å². The SMILES string of the molecule is Cc1cc(NC(C)(C(=O)O)C(F)(F)F)ccc1C#N. The average Bonchev–Trinajstić information content (AvgIpc) is 2.27. The standard InChI is InChI=1S/C12H11F3N2O2/c1-7-5-9(4-3-8(7)6-16)17-11(2,10(18)19)12(13,14)15/h3-5,17H,1-2H3,(H,18,19). The molecule has 0 saturated heterocycles. The van der Waals surface area contributed by atoms with Crippen molar-refractivity contribution in [2.24, 2.45) is 0 Å². The molecule has 1 unspecified atom stereocenters. The number of nitrogens with one attached hydrogen (secondary N) is 1. The Hall–Kier alpha value is -2.23. The third-order valence-corrected chi connectivity index (χ3v) is 2.74. The molecule has 0 aliphatic heterocycles. The van der Waals surface area contributed by atoms with Crippen LogP contribution in [0.1, 0.15) is 18.1 Å². The summed E-state index contributed by atoms with van der Waals surface area (Å²) in [5, 5.41) is 19.4. The fourth-order valence-corrected chi connectivity index (χ4v) is 1.40. The molecule has 1 aromatic carbocycles. The zero-order valence-electron chi connectivity index (χ0n) is 10.2. The summed E-state index contributed by atoms with van der Waals surface area (Å²) in [5.41, 5.74) is -2.33. The summed E-state index contributed by atoms with van der Waals surface area (Å²) < 4.78 is 38.4. The van der Waals surface area contributed by atoms with Crippen LogP contribution in [0.3, 0.4) is 0 Å². The van der Waals surface area contributed by atoms with E-state index < -0.39 is 17.7 Å². The molecule has 1 rings (SSSR count). The van der Waals surface area contributed by atoms with Gasteiger partial charge in [-0.25, -0.2) is 4.79 Å². The zero-order valence-corrected chi connectivity index (χ0v) is 10.2. The van der Waals surface area contributed by atoms with E-state index in [1.165, 1.54) is 18.2 Å². The summed E-state index contributed by atoms with van der Waals surface area (Å²) >= 11 is 0. The molecule has 0 radical (unpaired) electrons. The number of benzene rings is 1. The smallest absolute Gasteiger partial charge is 0.422 e. The van der Waals surface area contributed by atoms with Gasteiger partial charge in [-0.1, -0.05) is 0 Å². The Bertz CT molecular complexity index is 549. The summed E-state index contributed by atoms with van der Waals surface area (Å²) in [5.74, 6) is -2.03. The Morgan fingerprint density at radius 2 is 2.00 bits per heavy atom. The van der Waals surface area contributed by atoms with E-state index in [4.69, 9.17) is 10.4 Å². The van der Waals surface area contributed by atoms with E-state index in [0.717, 1.165) is 0 Å². The first kappa shape index (κ1) is 14.8. The average molecular weight is 272 g/mol. The number of carboxylic acids is 1. The van der Waals surface area contributed by atoms with Crippen molar-refractivity contribution in [3.05, 3.63) is 29.3 Å². The maximum Gasteiger partial charge on any atom is 0.422 e. The molecule has 0 amide bonds. The first-order valence-corrected chi connectivity index (χ1v) is 5.21. The molecule has 102 valence electrons. The first-order chi connectivity index (χ1) is 8.61.